The Morgan fingerprint density at radius 2 is 1.55 bits per heavy atom. The molecule has 2 heterocycles. The van der Waals surface area contributed by atoms with E-state index in [-0.39, 0.29) is 30.3 Å². The van der Waals surface area contributed by atoms with Crippen molar-refractivity contribution in [3.05, 3.63) is 70.8 Å². The van der Waals surface area contributed by atoms with E-state index < -0.39 is 29.8 Å². The highest BCUT2D eigenvalue weighted by Crippen LogP contribution is 2.33. The second kappa shape index (κ2) is 13.1. The molecule has 2 amide bonds. The van der Waals surface area contributed by atoms with Gasteiger partial charge in [0.25, 0.3) is 6.43 Å². The molecule has 0 aromatic heterocycles. The predicted molar refractivity (Wildman–Crippen MR) is 141 cm³/mol. The van der Waals surface area contributed by atoms with Gasteiger partial charge in [0.1, 0.15) is 6.04 Å². The van der Waals surface area contributed by atoms with Crippen molar-refractivity contribution in [3.8, 4) is 0 Å². The van der Waals surface area contributed by atoms with Gasteiger partial charge < -0.3 is 9.80 Å². The van der Waals surface area contributed by atoms with E-state index in [1.165, 1.54) is 4.90 Å². The van der Waals surface area contributed by atoms with Crippen LogP contribution < -0.4 is 0 Å². The molecule has 2 aromatic rings. The fraction of sp³-hybridized carbons (Fsp3) is 0.517. The molecule has 2 saturated heterocycles. The second-order valence-corrected chi connectivity index (χ2v) is 10.5. The minimum Gasteiger partial charge on any atom is -0.344 e. The minimum atomic E-state index is -4.75. The van der Waals surface area contributed by atoms with Crippen molar-refractivity contribution >= 4 is 11.8 Å². The molecule has 4 rings (SSSR count). The zero-order valence-corrected chi connectivity index (χ0v) is 22.5. The fourth-order valence-electron chi connectivity index (χ4n) is 5.35. The van der Waals surface area contributed by atoms with E-state index in [1.807, 2.05) is 35.2 Å². The number of alkyl halides is 5. The normalized spacial score (nSPS) is 17.8. The zero-order chi connectivity index (χ0) is 28.9. The Hall–Kier alpha value is -3.05. The van der Waals surface area contributed by atoms with Gasteiger partial charge in [-0.25, -0.2) is 8.78 Å². The maximum atomic E-state index is 13.7. The van der Waals surface area contributed by atoms with E-state index in [9.17, 15) is 31.5 Å². The number of likely N-dealkylation sites (tertiary alicyclic amines) is 1. The summed E-state index contributed by atoms with van der Waals surface area (Å²) in [7, 11) is 1.57. The number of nitrogens with zero attached hydrogens (tertiary/aromatic N) is 4. The van der Waals surface area contributed by atoms with Crippen LogP contribution in [0.3, 0.4) is 0 Å². The van der Waals surface area contributed by atoms with E-state index in [0.717, 1.165) is 43.6 Å². The Kier molecular flexibility index (Phi) is 9.78. The molecule has 0 saturated carbocycles. The number of carbonyl (C=O) groups is 2. The van der Waals surface area contributed by atoms with Gasteiger partial charge in [-0.3, -0.25) is 19.4 Å². The van der Waals surface area contributed by atoms with Gasteiger partial charge in [-0.1, -0.05) is 36.4 Å². The molecular formula is C29H35F5N4O2. The molecule has 0 radical (unpaired) electrons. The van der Waals surface area contributed by atoms with Crippen LogP contribution in [0.1, 0.15) is 47.6 Å². The van der Waals surface area contributed by atoms with Gasteiger partial charge in [0.2, 0.25) is 11.8 Å². The van der Waals surface area contributed by atoms with Crippen LogP contribution in [0.2, 0.25) is 0 Å². The number of amides is 2. The SMILES string of the molecule is CN(CCc1cc(C(F)F)cc(C(F)(F)F)c1)C(=O)C(c1ccccc1)N1CCN(CC(=O)N2CCCC2)CC1. The Bertz CT molecular complexity index is 1150. The number of benzene rings is 2. The molecule has 0 bridgehead atoms. The lowest BCUT2D eigenvalue weighted by Gasteiger charge is -2.40. The quantitative estimate of drug-likeness (QED) is 0.416. The molecule has 218 valence electrons. The van der Waals surface area contributed by atoms with E-state index in [2.05, 4.69) is 9.80 Å². The largest absolute Gasteiger partial charge is 0.416 e. The van der Waals surface area contributed by atoms with Gasteiger partial charge in [-0.15, -0.1) is 0 Å². The summed E-state index contributed by atoms with van der Waals surface area (Å²) in [6.45, 7) is 4.42. The van der Waals surface area contributed by atoms with Crippen molar-refractivity contribution in [1.82, 2.24) is 19.6 Å². The summed E-state index contributed by atoms with van der Waals surface area (Å²) in [6, 6.07) is 11.0. The van der Waals surface area contributed by atoms with Crippen molar-refractivity contribution in [2.75, 3.05) is 59.4 Å². The van der Waals surface area contributed by atoms with Crippen molar-refractivity contribution in [1.29, 1.82) is 0 Å². The lowest BCUT2D eigenvalue weighted by molar-refractivity contribution is -0.138. The first kappa shape index (κ1) is 29.9. The Morgan fingerprint density at radius 3 is 2.15 bits per heavy atom. The lowest BCUT2D eigenvalue weighted by Crippen LogP contribution is -2.53. The van der Waals surface area contributed by atoms with Gasteiger partial charge in [-0.2, -0.15) is 13.2 Å². The van der Waals surface area contributed by atoms with E-state index in [0.29, 0.717) is 38.8 Å². The van der Waals surface area contributed by atoms with Crippen molar-refractivity contribution in [2.24, 2.45) is 0 Å². The number of hydrogen-bond donors (Lipinski definition) is 0. The first-order valence-electron chi connectivity index (χ1n) is 13.6. The third-order valence-electron chi connectivity index (χ3n) is 7.65. The molecule has 2 aromatic carbocycles. The average Bonchev–Trinajstić information content (AvgIpc) is 3.48. The molecule has 2 fully saturated rings. The summed E-state index contributed by atoms with van der Waals surface area (Å²) in [6.07, 6.45) is -5.71. The molecule has 2 aliphatic rings. The van der Waals surface area contributed by atoms with Crippen LogP contribution in [0.25, 0.3) is 0 Å². The molecule has 0 N–H and O–H groups in total. The third kappa shape index (κ3) is 7.57. The number of hydrogen-bond acceptors (Lipinski definition) is 4. The summed E-state index contributed by atoms with van der Waals surface area (Å²) in [4.78, 5) is 33.8. The first-order valence-corrected chi connectivity index (χ1v) is 13.6. The molecule has 0 aliphatic carbocycles. The number of likely N-dealkylation sites (N-methyl/N-ethyl adjacent to an activating group) is 1. The first-order chi connectivity index (χ1) is 19.0. The molecular weight excluding hydrogens is 531 g/mol. The molecule has 11 heteroatoms. The van der Waals surface area contributed by atoms with E-state index in [4.69, 9.17) is 0 Å². The monoisotopic (exact) mass is 566 g/mol. The van der Waals surface area contributed by atoms with Gasteiger partial charge in [0.05, 0.1) is 12.1 Å². The Labute approximate surface area is 231 Å². The van der Waals surface area contributed by atoms with Crippen LogP contribution in [-0.2, 0) is 22.2 Å². The molecule has 6 nitrogen and oxygen atoms in total. The third-order valence-corrected chi connectivity index (χ3v) is 7.65. The van der Waals surface area contributed by atoms with Crippen LogP contribution in [0.5, 0.6) is 0 Å². The van der Waals surface area contributed by atoms with Gasteiger partial charge in [-0.05, 0) is 42.5 Å². The number of piperazine rings is 1. The number of rotatable bonds is 9. The van der Waals surface area contributed by atoms with Crippen molar-refractivity contribution < 1.29 is 31.5 Å². The maximum absolute atomic E-state index is 13.7. The molecule has 1 atom stereocenters. The fourth-order valence-corrected chi connectivity index (χ4v) is 5.35. The highest BCUT2D eigenvalue weighted by Gasteiger charge is 2.34. The van der Waals surface area contributed by atoms with E-state index in [1.54, 1.807) is 7.05 Å². The Morgan fingerprint density at radius 1 is 0.900 bits per heavy atom. The van der Waals surface area contributed by atoms with Crippen LogP contribution >= 0.6 is 0 Å². The summed E-state index contributed by atoms with van der Waals surface area (Å²) < 4.78 is 66.3. The van der Waals surface area contributed by atoms with Crippen LogP contribution in [0.15, 0.2) is 48.5 Å². The minimum absolute atomic E-state index is 0.000219. The van der Waals surface area contributed by atoms with Gasteiger partial charge in [0, 0.05) is 58.4 Å². The Balaban J connectivity index is 1.42. The van der Waals surface area contributed by atoms with Gasteiger partial charge >= 0.3 is 6.18 Å². The van der Waals surface area contributed by atoms with Crippen molar-refractivity contribution in [3.63, 3.8) is 0 Å². The topological polar surface area (TPSA) is 47.1 Å². The smallest absolute Gasteiger partial charge is 0.344 e. The standard InChI is InChI=1S/C29H35F5N4O2/c1-35(12-9-21-17-23(27(30)31)19-24(18-21)29(32,33)34)28(40)26(22-7-3-2-4-8-22)38-15-13-36(14-16-38)20-25(39)37-10-5-6-11-37/h2-4,7-8,17-19,26-27H,5-6,9-16,20H2,1H3. The average molecular weight is 567 g/mol. The summed E-state index contributed by atoms with van der Waals surface area (Å²) >= 11 is 0. The summed E-state index contributed by atoms with van der Waals surface area (Å²) in [5, 5.41) is 0. The van der Waals surface area contributed by atoms with Gasteiger partial charge in [0.15, 0.2) is 0 Å². The molecule has 0 spiro atoms. The highest BCUT2D eigenvalue weighted by molar-refractivity contribution is 5.83. The predicted octanol–water partition coefficient (Wildman–Crippen LogP) is 4.63. The van der Waals surface area contributed by atoms with Crippen LogP contribution in [-0.4, -0.2) is 90.8 Å². The van der Waals surface area contributed by atoms with Crippen molar-refractivity contribution in [2.45, 2.75) is 37.9 Å². The second-order valence-electron chi connectivity index (χ2n) is 10.5. The zero-order valence-electron chi connectivity index (χ0n) is 22.5. The number of halogens is 5. The van der Waals surface area contributed by atoms with E-state index >= 15 is 0 Å². The molecule has 2 aliphatic heterocycles. The lowest BCUT2D eigenvalue weighted by atomic mass is 10.0. The van der Waals surface area contributed by atoms with Crippen LogP contribution in [0, 0.1) is 0 Å². The molecule has 40 heavy (non-hydrogen) atoms. The van der Waals surface area contributed by atoms with Crippen LogP contribution in [0.4, 0.5) is 22.0 Å². The highest BCUT2D eigenvalue weighted by atomic mass is 19.4. The molecule has 1 unspecified atom stereocenters. The summed E-state index contributed by atoms with van der Waals surface area (Å²) in [5.41, 5.74) is -0.933. The number of carbonyl (C=O) groups excluding carboxylic acids is 2. The summed E-state index contributed by atoms with van der Waals surface area (Å²) in [5.74, 6) is -0.0974. The maximum Gasteiger partial charge on any atom is 0.416 e.